The van der Waals surface area contributed by atoms with Crippen LogP contribution in [0, 0.1) is 0 Å². The van der Waals surface area contributed by atoms with Crippen molar-refractivity contribution in [2.45, 2.75) is 19.3 Å². The number of nitrogens with one attached hydrogen (secondary N) is 2. The van der Waals surface area contributed by atoms with Crippen molar-refractivity contribution in [2.75, 3.05) is 18.0 Å². The van der Waals surface area contributed by atoms with Crippen LogP contribution in [-0.2, 0) is 9.59 Å². The van der Waals surface area contributed by atoms with Gasteiger partial charge >= 0.3 is 6.03 Å². The molecule has 1 aromatic rings. The van der Waals surface area contributed by atoms with E-state index in [1.165, 1.54) is 25.3 Å². The van der Waals surface area contributed by atoms with Crippen LogP contribution in [0.25, 0.3) is 6.08 Å². The number of carbonyl (C=O) groups excluding carboxylic acids is 3. The van der Waals surface area contributed by atoms with E-state index in [0.717, 1.165) is 24.3 Å². The number of urea groups is 1. The van der Waals surface area contributed by atoms with Crippen molar-refractivity contribution in [1.29, 1.82) is 0 Å². The van der Waals surface area contributed by atoms with Gasteiger partial charge in [-0.15, -0.1) is 0 Å². The molecule has 0 spiro atoms. The van der Waals surface area contributed by atoms with Crippen molar-refractivity contribution in [3.05, 3.63) is 35.4 Å². The number of carbonyl (C=O) groups is 3. The van der Waals surface area contributed by atoms with E-state index in [2.05, 4.69) is 15.5 Å². The summed E-state index contributed by atoms with van der Waals surface area (Å²) in [6.07, 6.45) is 5.18. The van der Waals surface area contributed by atoms with E-state index in [-0.39, 0.29) is 5.57 Å². The van der Waals surface area contributed by atoms with Crippen LogP contribution in [0.4, 0.5) is 10.5 Å². The van der Waals surface area contributed by atoms with Crippen LogP contribution < -0.4 is 15.5 Å². The first-order valence-electron chi connectivity index (χ1n) is 7.37. The summed E-state index contributed by atoms with van der Waals surface area (Å²) in [5.74, 6) is -1.34. The Bertz CT molecular complexity index is 621. The standard InChI is InChI=1S/C16H17N3O3/c20-14-13(15(21)18-16(22)17-14)10-11-4-6-12(7-5-11)19-8-2-1-3-9-19/h4-7,10H,1-3,8-9H2,(H2,17,18,20,21,22). The summed E-state index contributed by atoms with van der Waals surface area (Å²) < 4.78 is 0. The summed E-state index contributed by atoms with van der Waals surface area (Å²) in [7, 11) is 0. The number of amides is 4. The molecule has 4 amide bonds. The molecular weight excluding hydrogens is 282 g/mol. The molecule has 0 radical (unpaired) electrons. The molecule has 0 aromatic heterocycles. The second kappa shape index (κ2) is 6.01. The molecule has 2 saturated heterocycles. The Balaban J connectivity index is 1.78. The Morgan fingerprint density at radius 2 is 1.45 bits per heavy atom. The van der Waals surface area contributed by atoms with Crippen molar-refractivity contribution < 1.29 is 14.4 Å². The van der Waals surface area contributed by atoms with Gasteiger partial charge in [0.15, 0.2) is 0 Å². The van der Waals surface area contributed by atoms with Gasteiger partial charge in [-0.2, -0.15) is 0 Å². The van der Waals surface area contributed by atoms with Gasteiger partial charge in [0, 0.05) is 18.8 Å². The number of hydrogen-bond acceptors (Lipinski definition) is 4. The third-order valence-electron chi connectivity index (χ3n) is 3.87. The minimum atomic E-state index is -0.785. The second-order valence-corrected chi connectivity index (χ2v) is 5.43. The van der Waals surface area contributed by atoms with Crippen LogP contribution in [0.3, 0.4) is 0 Å². The first kappa shape index (κ1) is 14.3. The molecule has 2 aliphatic rings. The molecule has 2 aliphatic heterocycles. The van der Waals surface area contributed by atoms with E-state index in [9.17, 15) is 14.4 Å². The molecule has 1 aromatic carbocycles. The zero-order chi connectivity index (χ0) is 15.5. The average molecular weight is 299 g/mol. The quantitative estimate of drug-likeness (QED) is 0.639. The van der Waals surface area contributed by atoms with Crippen molar-refractivity contribution >= 4 is 29.6 Å². The molecule has 6 nitrogen and oxygen atoms in total. The van der Waals surface area contributed by atoms with Gasteiger partial charge in [0.1, 0.15) is 5.57 Å². The fourth-order valence-electron chi connectivity index (χ4n) is 2.71. The predicted octanol–water partition coefficient (Wildman–Crippen LogP) is 1.43. The lowest BCUT2D eigenvalue weighted by molar-refractivity contribution is -0.123. The topological polar surface area (TPSA) is 78.5 Å². The lowest BCUT2D eigenvalue weighted by Crippen LogP contribution is -2.51. The average Bonchev–Trinajstić information content (AvgIpc) is 2.52. The van der Waals surface area contributed by atoms with E-state index in [0.29, 0.717) is 0 Å². The number of rotatable bonds is 2. The summed E-state index contributed by atoms with van der Waals surface area (Å²) in [4.78, 5) is 36.7. The molecule has 3 rings (SSSR count). The first-order valence-corrected chi connectivity index (χ1v) is 7.37. The Labute approximate surface area is 128 Å². The third-order valence-corrected chi connectivity index (χ3v) is 3.87. The summed E-state index contributed by atoms with van der Waals surface area (Å²) in [6.45, 7) is 2.13. The van der Waals surface area contributed by atoms with Gasteiger partial charge < -0.3 is 4.90 Å². The van der Waals surface area contributed by atoms with Crippen molar-refractivity contribution in [2.24, 2.45) is 0 Å². The van der Waals surface area contributed by atoms with E-state index in [1.54, 1.807) is 0 Å². The summed E-state index contributed by atoms with van der Waals surface area (Å²) in [6, 6.07) is 6.93. The summed E-state index contributed by atoms with van der Waals surface area (Å²) in [5, 5.41) is 4.11. The van der Waals surface area contributed by atoms with Crippen LogP contribution in [-0.4, -0.2) is 30.9 Å². The molecule has 2 heterocycles. The van der Waals surface area contributed by atoms with Gasteiger partial charge in [-0.1, -0.05) is 12.1 Å². The Morgan fingerprint density at radius 1 is 0.864 bits per heavy atom. The fourth-order valence-corrected chi connectivity index (χ4v) is 2.71. The number of nitrogens with zero attached hydrogens (tertiary/aromatic N) is 1. The van der Waals surface area contributed by atoms with Crippen molar-refractivity contribution in [1.82, 2.24) is 10.6 Å². The zero-order valence-corrected chi connectivity index (χ0v) is 12.1. The van der Waals surface area contributed by atoms with Gasteiger partial charge in [-0.25, -0.2) is 4.79 Å². The molecule has 0 saturated carbocycles. The summed E-state index contributed by atoms with van der Waals surface area (Å²) >= 11 is 0. The number of piperidine rings is 1. The van der Waals surface area contributed by atoms with Crippen LogP contribution >= 0.6 is 0 Å². The molecule has 0 bridgehead atoms. The van der Waals surface area contributed by atoms with E-state index in [1.807, 2.05) is 24.3 Å². The minimum absolute atomic E-state index is 0.0645. The maximum atomic E-state index is 11.7. The highest BCUT2D eigenvalue weighted by molar-refractivity contribution is 6.31. The molecule has 6 heteroatoms. The number of imide groups is 2. The van der Waals surface area contributed by atoms with E-state index >= 15 is 0 Å². The van der Waals surface area contributed by atoms with Crippen molar-refractivity contribution in [3.63, 3.8) is 0 Å². The molecule has 114 valence electrons. The molecular formula is C16H17N3O3. The smallest absolute Gasteiger partial charge is 0.328 e. The molecule has 2 N–H and O–H groups in total. The maximum absolute atomic E-state index is 11.7. The van der Waals surface area contributed by atoms with E-state index < -0.39 is 17.8 Å². The van der Waals surface area contributed by atoms with Gasteiger partial charge in [0.05, 0.1) is 0 Å². The third kappa shape index (κ3) is 3.00. The molecule has 22 heavy (non-hydrogen) atoms. The van der Waals surface area contributed by atoms with Crippen molar-refractivity contribution in [3.8, 4) is 0 Å². The molecule has 0 atom stereocenters. The molecule has 2 fully saturated rings. The zero-order valence-electron chi connectivity index (χ0n) is 12.1. The van der Waals surface area contributed by atoms with Gasteiger partial charge in [-0.3, -0.25) is 20.2 Å². The largest absolute Gasteiger partial charge is 0.372 e. The summed E-state index contributed by atoms with van der Waals surface area (Å²) in [5.41, 5.74) is 1.83. The highest BCUT2D eigenvalue weighted by Crippen LogP contribution is 2.21. The fraction of sp³-hybridized carbons (Fsp3) is 0.312. The monoisotopic (exact) mass is 299 g/mol. The highest BCUT2D eigenvalue weighted by atomic mass is 16.2. The Hall–Kier alpha value is -2.63. The van der Waals surface area contributed by atoms with Gasteiger partial charge in [0.2, 0.25) is 0 Å². The second-order valence-electron chi connectivity index (χ2n) is 5.43. The first-order chi connectivity index (χ1) is 10.6. The number of hydrogen-bond donors (Lipinski definition) is 2. The van der Waals surface area contributed by atoms with Crippen LogP contribution in [0.2, 0.25) is 0 Å². The number of barbiturate groups is 1. The maximum Gasteiger partial charge on any atom is 0.328 e. The number of anilines is 1. The van der Waals surface area contributed by atoms with Crippen LogP contribution in [0.1, 0.15) is 24.8 Å². The van der Waals surface area contributed by atoms with Crippen LogP contribution in [0.15, 0.2) is 29.8 Å². The predicted molar refractivity (Wildman–Crippen MR) is 82.2 cm³/mol. The molecule has 0 aliphatic carbocycles. The van der Waals surface area contributed by atoms with Crippen LogP contribution in [0.5, 0.6) is 0 Å². The minimum Gasteiger partial charge on any atom is -0.372 e. The lowest BCUT2D eigenvalue weighted by atomic mass is 10.1. The Kier molecular flexibility index (Phi) is 3.91. The SMILES string of the molecule is O=C1NC(=O)C(=Cc2ccc(N3CCCCC3)cc2)C(=O)N1. The lowest BCUT2D eigenvalue weighted by Gasteiger charge is -2.28. The Morgan fingerprint density at radius 3 is 2.05 bits per heavy atom. The molecule has 0 unspecified atom stereocenters. The normalized spacial score (nSPS) is 18.8. The highest BCUT2D eigenvalue weighted by Gasteiger charge is 2.27. The van der Waals surface area contributed by atoms with Gasteiger partial charge in [-0.05, 0) is 43.0 Å². The van der Waals surface area contributed by atoms with Gasteiger partial charge in [0.25, 0.3) is 11.8 Å². The van der Waals surface area contributed by atoms with E-state index in [4.69, 9.17) is 0 Å². The number of benzene rings is 1.